The molecule has 0 aliphatic carbocycles. The summed E-state index contributed by atoms with van der Waals surface area (Å²) in [6, 6.07) is 20.5. The maximum Gasteiger partial charge on any atom is 0.269 e. The lowest BCUT2D eigenvalue weighted by Crippen LogP contribution is -2.49. The summed E-state index contributed by atoms with van der Waals surface area (Å²) in [7, 11) is 1.50. The number of amides is 3. The van der Waals surface area contributed by atoms with Crippen LogP contribution in [0.3, 0.4) is 0 Å². The highest BCUT2D eigenvalue weighted by Gasteiger charge is 2.12. The van der Waals surface area contributed by atoms with Crippen LogP contribution in [0.1, 0.15) is 26.3 Å². The maximum atomic E-state index is 12.4. The molecule has 3 amide bonds. The average molecular weight is 493 g/mol. The summed E-state index contributed by atoms with van der Waals surface area (Å²) in [6.45, 7) is 1.56. The van der Waals surface area contributed by atoms with Gasteiger partial charge in [-0.3, -0.25) is 30.6 Å². The molecule has 0 radical (unpaired) electrons. The average Bonchev–Trinajstić information content (AvgIpc) is 2.86. The van der Waals surface area contributed by atoms with Crippen molar-refractivity contribution in [3.63, 3.8) is 0 Å². The van der Waals surface area contributed by atoms with Gasteiger partial charge in [0.05, 0.1) is 7.11 Å². The Morgan fingerprint density at radius 1 is 0.829 bits per heavy atom. The predicted molar refractivity (Wildman–Crippen MR) is 135 cm³/mol. The highest BCUT2D eigenvalue weighted by atomic mass is 32.1. The Labute approximate surface area is 207 Å². The van der Waals surface area contributed by atoms with Gasteiger partial charge >= 0.3 is 0 Å². The van der Waals surface area contributed by atoms with Crippen molar-refractivity contribution in [3.05, 3.63) is 89.5 Å². The van der Waals surface area contributed by atoms with Crippen molar-refractivity contribution in [1.82, 2.24) is 16.2 Å². The maximum absolute atomic E-state index is 12.4. The zero-order chi connectivity index (χ0) is 25.2. The standard InChI is InChI=1S/C25H24N4O5S/c1-16-7-3-4-8-19(16)24(32)26-18-13-11-17(12-14-18)23(31)28-29-25(35)27-22(30)15-34-21-10-6-5-9-20(21)33-2/h3-14H,15H2,1-2H3,(H,26,32)(H,28,31)(H2,27,29,30,35). The van der Waals surface area contributed by atoms with Gasteiger partial charge < -0.3 is 14.8 Å². The fourth-order valence-corrected chi connectivity index (χ4v) is 3.16. The van der Waals surface area contributed by atoms with E-state index in [9.17, 15) is 14.4 Å². The number of carbonyl (C=O) groups is 3. The summed E-state index contributed by atoms with van der Waals surface area (Å²) in [4.78, 5) is 36.8. The predicted octanol–water partition coefficient (Wildman–Crippen LogP) is 2.97. The summed E-state index contributed by atoms with van der Waals surface area (Å²) in [5.74, 6) is -0.331. The summed E-state index contributed by atoms with van der Waals surface area (Å²) in [5, 5.41) is 5.09. The molecule has 3 rings (SSSR count). The lowest BCUT2D eigenvalue weighted by atomic mass is 10.1. The first-order chi connectivity index (χ1) is 16.9. The van der Waals surface area contributed by atoms with E-state index < -0.39 is 11.8 Å². The van der Waals surface area contributed by atoms with Crippen molar-refractivity contribution in [2.45, 2.75) is 6.92 Å². The van der Waals surface area contributed by atoms with Crippen LogP contribution >= 0.6 is 12.2 Å². The van der Waals surface area contributed by atoms with E-state index in [2.05, 4.69) is 21.5 Å². The molecule has 0 aliphatic heterocycles. The van der Waals surface area contributed by atoms with Crippen molar-refractivity contribution in [2.24, 2.45) is 0 Å². The molecule has 4 N–H and O–H groups in total. The molecule has 0 aliphatic rings. The Morgan fingerprint density at radius 3 is 2.17 bits per heavy atom. The fourth-order valence-electron chi connectivity index (χ4n) is 2.99. The molecular weight excluding hydrogens is 468 g/mol. The molecule has 10 heteroatoms. The third kappa shape index (κ3) is 7.27. The van der Waals surface area contributed by atoms with Crippen LogP contribution < -0.4 is 31.0 Å². The van der Waals surface area contributed by atoms with Crippen LogP contribution in [0, 0.1) is 6.92 Å². The molecule has 35 heavy (non-hydrogen) atoms. The zero-order valence-corrected chi connectivity index (χ0v) is 19.9. The monoisotopic (exact) mass is 492 g/mol. The van der Waals surface area contributed by atoms with E-state index in [4.69, 9.17) is 21.7 Å². The first-order valence-corrected chi connectivity index (χ1v) is 10.9. The van der Waals surface area contributed by atoms with Crippen LogP contribution in [-0.4, -0.2) is 36.6 Å². The van der Waals surface area contributed by atoms with Gasteiger partial charge in [0.2, 0.25) is 0 Å². The SMILES string of the molecule is COc1ccccc1OCC(=O)NC(=S)NNC(=O)c1ccc(NC(=O)c2ccccc2C)cc1. The Kier molecular flexibility index (Phi) is 8.74. The van der Waals surface area contributed by atoms with Gasteiger partial charge in [0, 0.05) is 16.8 Å². The summed E-state index contributed by atoms with van der Waals surface area (Å²) in [6.07, 6.45) is 0. The van der Waals surface area contributed by atoms with E-state index in [1.54, 1.807) is 60.7 Å². The number of hydrogen-bond acceptors (Lipinski definition) is 6. The molecule has 0 unspecified atom stereocenters. The number of para-hydroxylation sites is 2. The van der Waals surface area contributed by atoms with Crippen molar-refractivity contribution in [3.8, 4) is 11.5 Å². The van der Waals surface area contributed by atoms with Crippen LogP contribution in [0.4, 0.5) is 5.69 Å². The number of nitrogens with one attached hydrogen (secondary N) is 4. The quantitative estimate of drug-likeness (QED) is 0.296. The number of rotatable bonds is 7. The Balaban J connectivity index is 1.44. The summed E-state index contributed by atoms with van der Waals surface area (Å²) in [5.41, 5.74) is 7.15. The largest absolute Gasteiger partial charge is 0.493 e. The van der Waals surface area contributed by atoms with Gasteiger partial charge in [0.15, 0.2) is 23.2 Å². The number of aryl methyl sites for hydroxylation is 1. The number of hydrogen-bond donors (Lipinski definition) is 4. The number of benzene rings is 3. The number of ether oxygens (including phenoxy) is 2. The van der Waals surface area contributed by atoms with Gasteiger partial charge in [-0.25, -0.2) is 0 Å². The first-order valence-electron chi connectivity index (χ1n) is 10.5. The third-order valence-electron chi connectivity index (χ3n) is 4.77. The van der Waals surface area contributed by atoms with Crippen LogP contribution in [0.15, 0.2) is 72.8 Å². The Bertz CT molecular complexity index is 1230. The smallest absolute Gasteiger partial charge is 0.269 e. The molecule has 0 bridgehead atoms. The van der Waals surface area contributed by atoms with Crippen LogP contribution in [0.2, 0.25) is 0 Å². The number of methoxy groups -OCH3 is 1. The van der Waals surface area contributed by atoms with E-state index in [1.165, 1.54) is 7.11 Å². The second-order valence-corrected chi connectivity index (χ2v) is 7.65. The van der Waals surface area contributed by atoms with Crippen molar-refractivity contribution in [1.29, 1.82) is 0 Å². The number of hydrazine groups is 1. The van der Waals surface area contributed by atoms with Gasteiger partial charge in [-0.1, -0.05) is 30.3 Å². The highest BCUT2D eigenvalue weighted by molar-refractivity contribution is 7.80. The molecule has 0 saturated carbocycles. The molecule has 3 aromatic carbocycles. The number of carbonyl (C=O) groups excluding carboxylic acids is 3. The second-order valence-electron chi connectivity index (χ2n) is 7.24. The number of anilines is 1. The normalized spacial score (nSPS) is 10.0. The van der Waals surface area contributed by atoms with E-state index in [-0.39, 0.29) is 17.6 Å². The van der Waals surface area contributed by atoms with Gasteiger partial charge in [-0.2, -0.15) is 0 Å². The molecule has 3 aromatic rings. The molecule has 0 aromatic heterocycles. The van der Waals surface area contributed by atoms with Gasteiger partial charge in [-0.15, -0.1) is 0 Å². The minimum atomic E-state index is -0.517. The van der Waals surface area contributed by atoms with E-state index in [1.807, 2.05) is 19.1 Å². The van der Waals surface area contributed by atoms with Crippen molar-refractivity contribution >= 4 is 40.7 Å². The van der Waals surface area contributed by atoms with Gasteiger partial charge in [0.1, 0.15) is 0 Å². The van der Waals surface area contributed by atoms with E-state index in [0.29, 0.717) is 28.3 Å². The summed E-state index contributed by atoms with van der Waals surface area (Å²) >= 11 is 5.02. The topological polar surface area (TPSA) is 118 Å². The van der Waals surface area contributed by atoms with Crippen LogP contribution in [0.25, 0.3) is 0 Å². The second kappa shape index (κ2) is 12.1. The molecule has 0 spiro atoms. The molecule has 0 atom stereocenters. The minimum absolute atomic E-state index is 0.103. The van der Waals surface area contributed by atoms with Gasteiger partial charge in [0.25, 0.3) is 17.7 Å². The highest BCUT2D eigenvalue weighted by Crippen LogP contribution is 2.25. The Hall–Kier alpha value is -4.44. The molecule has 0 fully saturated rings. The summed E-state index contributed by atoms with van der Waals surface area (Å²) < 4.78 is 10.6. The van der Waals surface area contributed by atoms with Crippen LogP contribution in [-0.2, 0) is 4.79 Å². The molecular formula is C25H24N4O5S. The number of thiocarbonyl (C=S) groups is 1. The molecule has 0 heterocycles. The third-order valence-corrected chi connectivity index (χ3v) is 4.97. The van der Waals surface area contributed by atoms with Gasteiger partial charge in [-0.05, 0) is 67.2 Å². The van der Waals surface area contributed by atoms with Crippen LogP contribution in [0.5, 0.6) is 11.5 Å². The van der Waals surface area contributed by atoms with Crippen molar-refractivity contribution < 1.29 is 23.9 Å². The lowest BCUT2D eigenvalue weighted by Gasteiger charge is -2.13. The van der Waals surface area contributed by atoms with Crippen molar-refractivity contribution in [2.75, 3.05) is 19.0 Å². The lowest BCUT2D eigenvalue weighted by molar-refractivity contribution is -0.121. The Morgan fingerprint density at radius 2 is 1.49 bits per heavy atom. The molecule has 0 saturated heterocycles. The minimum Gasteiger partial charge on any atom is -0.493 e. The zero-order valence-electron chi connectivity index (χ0n) is 19.1. The molecule has 9 nitrogen and oxygen atoms in total. The fraction of sp³-hybridized carbons (Fsp3) is 0.120. The van der Waals surface area contributed by atoms with E-state index >= 15 is 0 Å². The van der Waals surface area contributed by atoms with E-state index in [0.717, 1.165) is 5.56 Å². The first kappa shape index (κ1) is 25.2. The molecule has 180 valence electrons.